The van der Waals surface area contributed by atoms with Crippen LogP contribution in [0.25, 0.3) is 0 Å². The Hall–Kier alpha value is -2.80. The lowest BCUT2D eigenvalue weighted by atomic mass is 9.93. The van der Waals surface area contributed by atoms with E-state index in [4.69, 9.17) is 28.4 Å². The summed E-state index contributed by atoms with van der Waals surface area (Å²) in [6, 6.07) is -6.51. The summed E-state index contributed by atoms with van der Waals surface area (Å²) < 4.78 is 36.0. The fourth-order valence-corrected chi connectivity index (χ4v) is 6.75. The number of hydrogen-bond donors (Lipinski definition) is 15. The molecule has 3 aliphatic heterocycles. The SMILES string of the molecule is CC(=O)N[C@H]1[C@H](O[C@@H]2[C@@H](NC(C)=O)[C@H](O[C@@H]([C@@H](O)[C@H](O)CO)[C@H](CO)NC(C)=O)O[C@H](CO)[C@H]2O[C@@H]2O[C@H](CO)[C@H](O)[C@H](O)[C@H]2NC(C)=O)O[C@H](CO)[C@H](O)[C@@H]1O. The second-order valence-corrected chi connectivity index (χ2v) is 13.8. The summed E-state index contributed by atoms with van der Waals surface area (Å²) in [6.07, 6.45) is -27.3. The molecule has 19 atom stereocenters. The van der Waals surface area contributed by atoms with Crippen LogP contribution in [0.2, 0.25) is 0 Å². The van der Waals surface area contributed by atoms with Gasteiger partial charge < -0.3 is 106 Å². The molecule has 15 N–H and O–H groups in total. The minimum atomic E-state index is -2.09. The van der Waals surface area contributed by atoms with E-state index in [0.29, 0.717) is 0 Å². The molecule has 3 fully saturated rings. The molecule has 0 unspecified atom stereocenters. The van der Waals surface area contributed by atoms with Crippen molar-refractivity contribution in [3.8, 4) is 0 Å². The third-order valence-electron chi connectivity index (χ3n) is 9.47. The molecule has 57 heavy (non-hydrogen) atoms. The second-order valence-electron chi connectivity index (χ2n) is 13.8. The Morgan fingerprint density at radius 2 is 0.982 bits per heavy atom. The Morgan fingerprint density at radius 1 is 0.561 bits per heavy atom. The van der Waals surface area contributed by atoms with Crippen LogP contribution in [0.5, 0.6) is 0 Å². The first-order valence-corrected chi connectivity index (χ1v) is 18.0. The van der Waals surface area contributed by atoms with Crippen molar-refractivity contribution in [2.75, 3.05) is 33.0 Å². The van der Waals surface area contributed by atoms with E-state index in [2.05, 4.69) is 21.3 Å². The molecule has 3 saturated heterocycles. The average Bonchev–Trinajstić information content (AvgIpc) is 3.15. The van der Waals surface area contributed by atoms with Crippen molar-refractivity contribution >= 4 is 23.6 Å². The highest BCUT2D eigenvalue weighted by molar-refractivity contribution is 5.74. The van der Waals surface area contributed by atoms with Crippen LogP contribution in [-0.2, 0) is 47.6 Å². The summed E-state index contributed by atoms with van der Waals surface area (Å²) >= 11 is 0. The first-order chi connectivity index (χ1) is 26.8. The van der Waals surface area contributed by atoms with E-state index in [1.54, 1.807) is 0 Å². The van der Waals surface area contributed by atoms with Gasteiger partial charge in [-0.25, -0.2) is 0 Å². The highest BCUT2D eigenvalue weighted by Gasteiger charge is 2.56. The molecule has 4 amide bonds. The molecule has 3 aliphatic rings. The summed E-state index contributed by atoms with van der Waals surface area (Å²) in [4.78, 5) is 49.4. The predicted octanol–water partition coefficient (Wildman–Crippen LogP) is -9.54. The van der Waals surface area contributed by atoms with E-state index < -0.39 is 173 Å². The molecule has 0 aliphatic carbocycles. The van der Waals surface area contributed by atoms with Crippen LogP contribution in [0, 0.1) is 0 Å². The maximum Gasteiger partial charge on any atom is 0.217 e. The van der Waals surface area contributed by atoms with E-state index in [1.165, 1.54) is 0 Å². The maximum atomic E-state index is 12.8. The molecular weight excluding hydrogens is 776 g/mol. The van der Waals surface area contributed by atoms with Gasteiger partial charge in [-0.1, -0.05) is 0 Å². The van der Waals surface area contributed by atoms with Gasteiger partial charge in [0.2, 0.25) is 23.6 Å². The largest absolute Gasteiger partial charge is 0.394 e. The molecule has 0 radical (unpaired) electrons. The monoisotopic (exact) mass is 832 g/mol. The van der Waals surface area contributed by atoms with E-state index >= 15 is 0 Å². The third-order valence-corrected chi connectivity index (χ3v) is 9.47. The van der Waals surface area contributed by atoms with Gasteiger partial charge in [0, 0.05) is 27.7 Å². The van der Waals surface area contributed by atoms with E-state index in [1.807, 2.05) is 0 Å². The molecule has 0 aromatic heterocycles. The van der Waals surface area contributed by atoms with Crippen molar-refractivity contribution < 1.29 is 104 Å². The molecule has 3 heterocycles. The Labute approximate surface area is 325 Å². The maximum absolute atomic E-state index is 12.8. The van der Waals surface area contributed by atoms with Crippen LogP contribution in [0.15, 0.2) is 0 Å². The quantitative estimate of drug-likeness (QED) is 0.0609. The van der Waals surface area contributed by atoms with Crippen molar-refractivity contribution in [2.45, 2.75) is 144 Å². The fourth-order valence-electron chi connectivity index (χ4n) is 6.75. The zero-order valence-corrected chi connectivity index (χ0v) is 31.5. The summed E-state index contributed by atoms with van der Waals surface area (Å²) in [7, 11) is 0. The molecule has 0 aromatic rings. The van der Waals surface area contributed by atoms with Gasteiger partial charge in [0.05, 0.1) is 39.1 Å². The molecule has 25 heteroatoms. The van der Waals surface area contributed by atoms with Crippen molar-refractivity contribution in [1.29, 1.82) is 0 Å². The van der Waals surface area contributed by atoms with Gasteiger partial charge in [0.1, 0.15) is 91.4 Å². The smallest absolute Gasteiger partial charge is 0.217 e. The van der Waals surface area contributed by atoms with Gasteiger partial charge in [-0.15, -0.1) is 0 Å². The Morgan fingerprint density at radius 3 is 1.37 bits per heavy atom. The predicted molar refractivity (Wildman–Crippen MR) is 182 cm³/mol. The van der Waals surface area contributed by atoms with Crippen LogP contribution >= 0.6 is 0 Å². The number of hydrogen-bond acceptors (Lipinski definition) is 21. The summed E-state index contributed by atoms with van der Waals surface area (Å²) in [5.74, 6) is -3.09. The first kappa shape index (κ1) is 48.6. The number of ether oxygens (including phenoxy) is 6. The second kappa shape index (κ2) is 22.0. The van der Waals surface area contributed by atoms with Crippen molar-refractivity contribution in [3.63, 3.8) is 0 Å². The number of rotatable bonds is 18. The normalized spacial score (nSPS) is 37.9. The van der Waals surface area contributed by atoms with Crippen LogP contribution in [0.3, 0.4) is 0 Å². The molecule has 330 valence electrons. The van der Waals surface area contributed by atoms with E-state index in [0.717, 1.165) is 27.7 Å². The molecule has 0 saturated carbocycles. The standard InChI is InChI=1S/C32H56N4O21/c1-10(42)33-14(5-37)27(22(47)15(46)6-38)55-32-21(36-13(4)45)29(57-31-20(35-12(3)44)26(51)24(49)17(8-40)53-31)28(18(9-41)54-32)56-30-19(34-11(2)43)25(50)23(48)16(7-39)52-30/h14-32,37-41,46-51H,5-9H2,1-4H3,(H,33,42)(H,34,43)(H,35,44)(H,36,45)/t14-,15+,16+,17+,18+,19+,20+,21+,22-,23-,24-,25+,26+,27+,28+,29+,30-,31-,32-/m0/s1. The zero-order chi connectivity index (χ0) is 42.9. The van der Waals surface area contributed by atoms with Gasteiger partial charge >= 0.3 is 0 Å². The number of aliphatic hydroxyl groups is 11. The van der Waals surface area contributed by atoms with Crippen LogP contribution in [-0.4, -0.2) is 229 Å². The van der Waals surface area contributed by atoms with E-state index in [-0.39, 0.29) is 0 Å². The highest BCUT2D eigenvalue weighted by Crippen LogP contribution is 2.35. The average molecular weight is 833 g/mol. The van der Waals surface area contributed by atoms with Crippen molar-refractivity contribution in [1.82, 2.24) is 21.3 Å². The van der Waals surface area contributed by atoms with E-state index in [9.17, 15) is 75.3 Å². The number of aliphatic hydroxyl groups excluding tert-OH is 11. The topological polar surface area (TPSA) is 394 Å². The lowest BCUT2D eigenvalue weighted by molar-refractivity contribution is -0.364. The number of carbonyl (C=O) groups is 4. The summed E-state index contributed by atoms with van der Waals surface area (Å²) in [5, 5.41) is 125. The highest BCUT2D eigenvalue weighted by atomic mass is 16.8. The minimum absolute atomic E-state index is 0.744. The van der Waals surface area contributed by atoms with Gasteiger partial charge in [-0.3, -0.25) is 19.2 Å². The molecule has 0 spiro atoms. The molecule has 0 aromatic carbocycles. The van der Waals surface area contributed by atoms with Crippen LogP contribution in [0.4, 0.5) is 0 Å². The Bertz CT molecular complexity index is 1320. The molecular formula is C32H56N4O21. The molecule has 3 rings (SSSR count). The van der Waals surface area contributed by atoms with Gasteiger partial charge in [0.15, 0.2) is 18.9 Å². The number of amides is 4. The van der Waals surface area contributed by atoms with Crippen molar-refractivity contribution in [2.24, 2.45) is 0 Å². The van der Waals surface area contributed by atoms with Gasteiger partial charge in [-0.2, -0.15) is 0 Å². The van der Waals surface area contributed by atoms with Crippen LogP contribution in [0.1, 0.15) is 27.7 Å². The fraction of sp³-hybridized carbons (Fsp3) is 0.875. The summed E-state index contributed by atoms with van der Waals surface area (Å²) in [6.45, 7) is -0.575. The Kier molecular flexibility index (Phi) is 18.7. The lowest BCUT2D eigenvalue weighted by Crippen LogP contribution is -2.72. The zero-order valence-electron chi connectivity index (χ0n) is 31.5. The molecule has 25 nitrogen and oxygen atoms in total. The molecule has 0 bridgehead atoms. The minimum Gasteiger partial charge on any atom is -0.394 e. The van der Waals surface area contributed by atoms with Gasteiger partial charge in [0.25, 0.3) is 0 Å². The first-order valence-electron chi connectivity index (χ1n) is 18.0. The number of carbonyl (C=O) groups excluding carboxylic acids is 4. The van der Waals surface area contributed by atoms with Crippen molar-refractivity contribution in [3.05, 3.63) is 0 Å². The van der Waals surface area contributed by atoms with Gasteiger partial charge in [-0.05, 0) is 0 Å². The number of nitrogens with one attached hydrogen (secondary N) is 4. The third kappa shape index (κ3) is 12.1. The summed E-state index contributed by atoms with van der Waals surface area (Å²) in [5.41, 5.74) is 0. The van der Waals surface area contributed by atoms with Crippen LogP contribution < -0.4 is 21.3 Å². The Balaban J connectivity index is 2.25. The lowest BCUT2D eigenvalue weighted by Gasteiger charge is -2.51.